The van der Waals surface area contributed by atoms with Crippen LogP contribution >= 0.6 is 11.6 Å². The summed E-state index contributed by atoms with van der Waals surface area (Å²) in [5.74, 6) is 0. The molecule has 0 N–H and O–H groups in total. The van der Waals surface area contributed by atoms with Crippen molar-refractivity contribution < 1.29 is 4.74 Å². The molecule has 1 aliphatic rings. The van der Waals surface area contributed by atoms with Crippen molar-refractivity contribution in [1.29, 1.82) is 0 Å². The maximum Gasteiger partial charge on any atom is 0.0603 e. The Morgan fingerprint density at radius 1 is 1.62 bits per heavy atom. The van der Waals surface area contributed by atoms with E-state index in [0.717, 1.165) is 19.4 Å². The lowest BCUT2D eigenvalue weighted by Gasteiger charge is -2.30. The molecule has 1 fully saturated rings. The highest BCUT2D eigenvalue weighted by molar-refractivity contribution is 6.21. The highest BCUT2D eigenvalue weighted by Gasteiger charge is 2.26. The van der Waals surface area contributed by atoms with Gasteiger partial charge in [-0.15, -0.1) is 11.6 Å². The number of alkyl halides is 1. The molecule has 0 unspecified atom stereocenters. The fourth-order valence-corrected chi connectivity index (χ4v) is 1.27. The van der Waals surface area contributed by atoms with Gasteiger partial charge in [-0.25, -0.2) is 0 Å². The average Bonchev–Trinajstić information content (AvgIpc) is 1.64. The zero-order chi connectivity index (χ0) is 5.98. The van der Waals surface area contributed by atoms with Crippen molar-refractivity contribution in [2.75, 3.05) is 6.61 Å². The second-order valence-corrected chi connectivity index (χ2v) is 2.76. The van der Waals surface area contributed by atoms with Gasteiger partial charge in [0.25, 0.3) is 0 Å². The molecule has 0 amide bonds. The molecule has 1 saturated carbocycles. The maximum absolute atomic E-state index is 5.70. The van der Waals surface area contributed by atoms with E-state index in [0.29, 0.717) is 11.5 Å². The SMILES string of the molecule is CCOC1CC(Cl)C1. The van der Waals surface area contributed by atoms with Crippen LogP contribution in [0.25, 0.3) is 0 Å². The van der Waals surface area contributed by atoms with Crippen LogP contribution < -0.4 is 0 Å². The molecule has 0 aromatic rings. The van der Waals surface area contributed by atoms with Crippen molar-refractivity contribution in [3.63, 3.8) is 0 Å². The monoisotopic (exact) mass is 134 g/mol. The smallest absolute Gasteiger partial charge is 0.0603 e. The minimum absolute atomic E-state index is 0.395. The molecular weight excluding hydrogens is 124 g/mol. The molecular formula is C6H11ClO. The Bertz CT molecular complexity index is 66.2. The second-order valence-electron chi connectivity index (χ2n) is 2.15. The first-order valence-corrected chi connectivity index (χ1v) is 3.52. The number of ether oxygens (including phenoxy) is 1. The highest BCUT2D eigenvalue weighted by Crippen LogP contribution is 2.27. The first-order chi connectivity index (χ1) is 3.83. The van der Waals surface area contributed by atoms with Crippen LogP contribution in [0.15, 0.2) is 0 Å². The minimum Gasteiger partial charge on any atom is -0.378 e. The third-order valence-corrected chi connectivity index (χ3v) is 1.80. The fourth-order valence-electron chi connectivity index (χ4n) is 0.873. The number of rotatable bonds is 2. The third kappa shape index (κ3) is 1.36. The van der Waals surface area contributed by atoms with E-state index in [2.05, 4.69) is 0 Å². The van der Waals surface area contributed by atoms with E-state index in [1.54, 1.807) is 0 Å². The molecule has 48 valence electrons. The summed E-state index contributed by atoms with van der Waals surface area (Å²) in [4.78, 5) is 0. The molecule has 1 aliphatic carbocycles. The van der Waals surface area contributed by atoms with Gasteiger partial charge < -0.3 is 4.74 Å². The van der Waals surface area contributed by atoms with E-state index in [9.17, 15) is 0 Å². The first-order valence-electron chi connectivity index (χ1n) is 3.08. The standard InChI is InChI=1S/C6H11ClO/c1-2-8-6-3-5(7)4-6/h5-6H,2-4H2,1H3. The van der Waals surface area contributed by atoms with Crippen molar-refractivity contribution in [2.24, 2.45) is 0 Å². The van der Waals surface area contributed by atoms with Gasteiger partial charge >= 0.3 is 0 Å². The molecule has 1 nitrogen and oxygen atoms in total. The van der Waals surface area contributed by atoms with Crippen LogP contribution in [0.3, 0.4) is 0 Å². The zero-order valence-corrected chi connectivity index (χ0v) is 5.82. The second kappa shape index (κ2) is 2.70. The Morgan fingerprint density at radius 2 is 2.25 bits per heavy atom. The lowest BCUT2D eigenvalue weighted by molar-refractivity contribution is 0.0126. The van der Waals surface area contributed by atoms with Gasteiger partial charge in [-0.3, -0.25) is 0 Å². The maximum atomic E-state index is 5.70. The largest absolute Gasteiger partial charge is 0.378 e. The van der Waals surface area contributed by atoms with Crippen molar-refractivity contribution in [3.8, 4) is 0 Å². The van der Waals surface area contributed by atoms with Gasteiger partial charge in [-0.2, -0.15) is 0 Å². The first kappa shape index (κ1) is 6.37. The molecule has 0 heterocycles. The molecule has 1 rings (SSSR count). The summed E-state index contributed by atoms with van der Waals surface area (Å²) in [6.45, 7) is 2.84. The van der Waals surface area contributed by atoms with E-state index in [-0.39, 0.29) is 0 Å². The Morgan fingerprint density at radius 3 is 2.62 bits per heavy atom. The van der Waals surface area contributed by atoms with E-state index in [4.69, 9.17) is 16.3 Å². The van der Waals surface area contributed by atoms with Crippen LogP contribution in [0.4, 0.5) is 0 Å². The summed E-state index contributed by atoms with van der Waals surface area (Å²) in [6, 6.07) is 0. The van der Waals surface area contributed by atoms with Crippen LogP contribution in [-0.4, -0.2) is 18.1 Å². The third-order valence-electron chi connectivity index (χ3n) is 1.44. The van der Waals surface area contributed by atoms with E-state index in [1.165, 1.54) is 0 Å². The predicted molar refractivity (Wildman–Crippen MR) is 34.3 cm³/mol. The molecule has 8 heavy (non-hydrogen) atoms. The van der Waals surface area contributed by atoms with Crippen LogP contribution in [-0.2, 0) is 4.74 Å². The molecule has 0 aliphatic heterocycles. The van der Waals surface area contributed by atoms with Crippen LogP contribution in [0.1, 0.15) is 19.8 Å². The Kier molecular flexibility index (Phi) is 2.15. The van der Waals surface area contributed by atoms with E-state index < -0.39 is 0 Å². The van der Waals surface area contributed by atoms with E-state index >= 15 is 0 Å². The van der Waals surface area contributed by atoms with Gasteiger partial charge in [-0.05, 0) is 19.8 Å². The number of hydrogen-bond acceptors (Lipinski definition) is 1. The number of hydrogen-bond donors (Lipinski definition) is 0. The summed E-state index contributed by atoms with van der Waals surface area (Å²) < 4.78 is 5.26. The summed E-state index contributed by atoms with van der Waals surface area (Å²) in [7, 11) is 0. The molecule has 0 aromatic heterocycles. The van der Waals surface area contributed by atoms with Gasteiger partial charge in [0.05, 0.1) is 6.10 Å². The molecule has 0 saturated heterocycles. The predicted octanol–water partition coefficient (Wildman–Crippen LogP) is 1.79. The van der Waals surface area contributed by atoms with Gasteiger partial charge in [0.2, 0.25) is 0 Å². The summed E-state index contributed by atoms with van der Waals surface area (Å²) in [6.07, 6.45) is 2.58. The van der Waals surface area contributed by atoms with Crippen LogP contribution in [0, 0.1) is 0 Å². The summed E-state index contributed by atoms with van der Waals surface area (Å²) in [5, 5.41) is 0.395. The molecule has 0 atom stereocenters. The molecule has 0 radical (unpaired) electrons. The quantitative estimate of drug-likeness (QED) is 0.524. The van der Waals surface area contributed by atoms with Crippen molar-refractivity contribution in [3.05, 3.63) is 0 Å². The zero-order valence-electron chi connectivity index (χ0n) is 5.06. The van der Waals surface area contributed by atoms with Gasteiger partial charge in [0.1, 0.15) is 0 Å². The van der Waals surface area contributed by atoms with Crippen LogP contribution in [0.5, 0.6) is 0 Å². The number of halogens is 1. The normalized spacial score (nSPS) is 36.8. The highest BCUT2D eigenvalue weighted by atomic mass is 35.5. The average molecular weight is 135 g/mol. The summed E-state index contributed by atoms with van der Waals surface area (Å²) in [5.41, 5.74) is 0. The topological polar surface area (TPSA) is 9.23 Å². The lowest BCUT2D eigenvalue weighted by atomic mass is 9.95. The fraction of sp³-hybridized carbons (Fsp3) is 1.00. The van der Waals surface area contributed by atoms with Crippen molar-refractivity contribution in [2.45, 2.75) is 31.2 Å². The molecule has 2 heteroatoms. The molecule has 0 bridgehead atoms. The van der Waals surface area contributed by atoms with Crippen molar-refractivity contribution >= 4 is 11.6 Å². The van der Waals surface area contributed by atoms with E-state index in [1.807, 2.05) is 6.92 Å². The minimum atomic E-state index is 0.395. The Balaban J connectivity index is 1.98. The Labute approximate surface area is 55.0 Å². The lowest BCUT2D eigenvalue weighted by Crippen LogP contribution is -2.31. The Hall–Kier alpha value is 0.250. The van der Waals surface area contributed by atoms with Crippen LogP contribution in [0.2, 0.25) is 0 Å². The molecule has 0 spiro atoms. The van der Waals surface area contributed by atoms with Gasteiger partial charge in [-0.1, -0.05) is 0 Å². The van der Waals surface area contributed by atoms with Crippen molar-refractivity contribution in [1.82, 2.24) is 0 Å². The molecule has 0 aromatic carbocycles. The van der Waals surface area contributed by atoms with Gasteiger partial charge in [0, 0.05) is 12.0 Å². The van der Waals surface area contributed by atoms with Gasteiger partial charge in [0.15, 0.2) is 0 Å². The summed E-state index contributed by atoms with van der Waals surface area (Å²) >= 11 is 5.70.